The Morgan fingerprint density at radius 2 is 2.15 bits per heavy atom. The third kappa shape index (κ3) is 2.67. The van der Waals surface area contributed by atoms with Crippen LogP contribution in [0.25, 0.3) is 0 Å². The van der Waals surface area contributed by atoms with Gasteiger partial charge in [-0.25, -0.2) is 8.42 Å². The maximum absolute atomic E-state index is 12.5. The van der Waals surface area contributed by atoms with Crippen LogP contribution in [-0.2, 0) is 10.0 Å². The molecule has 0 bridgehead atoms. The fraction of sp³-hybridized carbons (Fsp3) is 0.500. The third-order valence-electron chi connectivity index (χ3n) is 3.57. The lowest BCUT2D eigenvalue weighted by Crippen LogP contribution is -2.33. The van der Waals surface area contributed by atoms with E-state index in [2.05, 4.69) is 5.32 Å². The summed E-state index contributed by atoms with van der Waals surface area (Å²) in [6.07, 6.45) is 0.740. The van der Waals surface area contributed by atoms with Crippen LogP contribution in [0.2, 0.25) is 0 Å². The summed E-state index contributed by atoms with van der Waals surface area (Å²) in [6.45, 7) is 2.40. The largest absolute Gasteiger partial charge is 0.316 e. The van der Waals surface area contributed by atoms with Crippen LogP contribution in [0, 0.1) is 17.0 Å². The van der Waals surface area contributed by atoms with Crippen molar-refractivity contribution >= 4 is 15.7 Å². The predicted octanol–water partition coefficient (Wildman–Crippen LogP) is 0.886. The monoisotopic (exact) mass is 299 g/mol. The number of rotatable bonds is 4. The molecule has 2 rings (SSSR count). The first kappa shape index (κ1) is 14.9. The van der Waals surface area contributed by atoms with Crippen LogP contribution in [-0.4, -0.2) is 43.8 Å². The number of hydrogen-bond acceptors (Lipinski definition) is 5. The summed E-state index contributed by atoms with van der Waals surface area (Å²) in [7, 11) is -1.88. The van der Waals surface area contributed by atoms with Gasteiger partial charge in [-0.15, -0.1) is 0 Å². The van der Waals surface area contributed by atoms with E-state index in [-0.39, 0.29) is 16.6 Å². The number of hydrogen-bond donors (Lipinski definition) is 1. The highest BCUT2D eigenvalue weighted by Gasteiger charge is 2.32. The minimum Gasteiger partial charge on any atom is -0.316 e. The molecule has 0 aliphatic carbocycles. The van der Waals surface area contributed by atoms with Gasteiger partial charge in [-0.1, -0.05) is 6.07 Å². The topological polar surface area (TPSA) is 92.6 Å². The van der Waals surface area contributed by atoms with Crippen LogP contribution in [0.15, 0.2) is 23.1 Å². The van der Waals surface area contributed by atoms with Gasteiger partial charge in [-0.05, 0) is 26.5 Å². The first-order valence-corrected chi connectivity index (χ1v) is 7.72. The van der Waals surface area contributed by atoms with Crippen LogP contribution in [0.3, 0.4) is 0 Å². The van der Waals surface area contributed by atoms with E-state index in [9.17, 15) is 18.5 Å². The Bertz CT molecular complexity index is 630. The van der Waals surface area contributed by atoms with Gasteiger partial charge in [0.25, 0.3) is 5.69 Å². The molecule has 20 heavy (non-hydrogen) atoms. The molecule has 0 aromatic heterocycles. The Morgan fingerprint density at radius 3 is 2.70 bits per heavy atom. The Kier molecular flexibility index (Phi) is 4.07. The quantitative estimate of drug-likeness (QED) is 0.658. The van der Waals surface area contributed by atoms with Gasteiger partial charge in [0.05, 0.1) is 9.82 Å². The minimum absolute atomic E-state index is 0.0217. The van der Waals surface area contributed by atoms with Gasteiger partial charge in [0.15, 0.2) is 0 Å². The average Bonchev–Trinajstić information content (AvgIpc) is 2.88. The molecule has 1 atom stereocenters. The van der Waals surface area contributed by atoms with Crippen molar-refractivity contribution in [2.75, 3.05) is 20.1 Å². The predicted molar refractivity (Wildman–Crippen MR) is 74.1 cm³/mol. The Hall–Kier alpha value is -1.51. The number of nitrogens with zero attached hydrogens (tertiary/aromatic N) is 2. The molecule has 1 fully saturated rings. The summed E-state index contributed by atoms with van der Waals surface area (Å²) in [5, 5.41) is 13.9. The molecule has 7 nitrogen and oxygen atoms in total. The van der Waals surface area contributed by atoms with Gasteiger partial charge in [-0.3, -0.25) is 10.1 Å². The Morgan fingerprint density at radius 1 is 1.45 bits per heavy atom. The summed E-state index contributed by atoms with van der Waals surface area (Å²) >= 11 is 0. The van der Waals surface area contributed by atoms with Crippen molar-refractivity contribution in [2.24, 2.45) is 0 Å². The molecule has 1 N–H and O–H groups in total. The second-order valence-electron chi connectivity index (χ2n) is 4.84. The minimum atomic E-state index is -3.67. The molecule has 0 radical (unpaired) electrons. The lowest BCUT2D eigenvalue weighted by molar-refractivity contribution is -0.385. The van der Waals surface area contributed by atoms with E-state index in [0.29, 0.717) is 18.7 Å². The molecule has 0 saturated carbocycles. The molecular formula is C12H17N3O4S. The lowest BCUT2D eigenvalue weighted by Gasteiger charge is -2.16. The van der Waals surface area contributed by atoms with Crippen LogP contribution in [0.5, 0.6) is 0 Å². The summed E-state index contributed by atoms with van der Waals surface area (Å²) in [4.78, 5) is 10.3. The van der Waals surface area contributed by atoms with E-state index in [1.165, 1.54) is 16.4 Å². The number of nitro groups is 1. The van der Waals surface area contributed by atoms with Crippen LogP contribution < -0.4 is 5.32 Å². The van der Waals surface area contributed by atoms with Gasteiger partial charge in [-0.2, -0.15) is 4.31 Å². The zero-order valence-corrected chi connectivity index (χ0v) is 12.2. The number of benzene rings is 1. The molecule has 1 heterocycles. The maximum Gasteiger partial charge on any atom is 0.273 e. The van der Waals surface area contributed by atoms with E-state index in [1.807, 2.05) is 0 Å². The van der Waals surface area contributed by atoms with Gasteiger partial charge < -0.3 is 5.32 Å². The molecule has 1 saturated heterocycles. The summed E-state index contributed by atoms with van der Waals surface area (Å²) in [6, 6.07) is 4.16. The summed E-state index contributed by atoms with van der Waals surface area (Å²) in [5.41, 5.74) is 0.277. The molecule has 110 valence electrons. The molecule has 0 amide bonds. The maximum atomic E-state index is 12.5. The highest BCUT2D eigenvalue weighted by Crippen LogP contribution is 2.26. The molecule has 0 spiro atoms. The highest BCUT2D eigenvalue weighted by molar-refractivity contribution is 7.89. The third-order valence-corrected chi connectivity index (χ3v) is 5.44. The summed E-state index contributed by atoms with van der Waals surface area (Å²) in [5.74, 6) is 0. The van der Waals surface area contributed by atoms with Crippen molar-refractivity contribution in [3.8, 4) is 0 Å². The smallest absolute Gasteiger partial charge is 0.273 e. The molecule has 1 aliphatic heterocycles. The van der Waals surface area contributed by atoms with Crippen molar-refractivity contribution in [1.29, 1.82) is 0 Å². The van der Waals surface area contributed by atoms with E-state index in [0.717, 1.165) is 12.5 Å². The van der Waals surface area contributed by atoms with Crippen molar-refractivity contribution < 1.29 is 13.3 Å². The SMILES string of the molecule is CNC1CCN(S(=O)(=O)c2ccc(C)c([N+](=O)[O-])c2)C1. The van der Waals surface area contributed by atoms with Gasteiger partial charge in [0, 0.05) is 30.8 Å². The van der Waals surface area contributed by atoms with E-state index in [4.69, 9.17) is 0 Å². The fourth-order valence-electron chi connectivity index (χ4n) is 2.28. The number of sulfonamides is 1. The molecular weight excluding hydrogens is 282 g/mol. The van der Waals surface area contributed by atoms with Crippen LogP contribution in [0.4, 0.5) is 5.69 Å². The highest BCUT2D eigenvalue weighted by atomic mass is 32.2. The summed E-state index contributed by atoms with van der Waals surface area (Å²) < 4.78 is 26.3. The van der Waals surface area contributed by atoms with Gasteiger partial charge >= 0.3 is 0 Å². The number of nitrogens with one attached hydrogen (secondary N) is 1. The van der Waals surface area contributed by atoms with E-state index >= 15 is 0 Å². The average molecular weight is 299 g/mol. The van der Waals surface area contributed by atoms with E-state index < -0.39 is 14.9 Å². The first-order valence-electron chi connectivity index (χ1n) is 6.28. The fourth-order valence-corrected chi connectivity index (χ4v) is 3.80. The van der Waals surface area contributed by atoms with Crippen molar-refractivity contribution in [3.05, 3.63) is 33.9 Å². The van der Waals surface area contributed by atoms with Crippen molar-refractivity contribution in [2.45, 2.75) is 24.3 Å². The second-order valence-corrected chi connectivity index (χ2v) is 6.78. The van der Waals surface area contributed by atoms with Gasteiger partial charge in [0.2, 0.25) is 10.0 Å². The van der Waals surface area contributed by atoms with Crippen molar-refractivity contribution in [1.82, 2.24) is 9.62 Å². The van der Waals surface area contributed by atoms with Crippen LogP contribution >= 0.6 is 0 Å². The first-order chi connectivity index (χ1) is 9.36. The van der Waals surface area contributed by atoms with Gasteiger partial charge in [0.1, 0.15) is 0 Å². The molecule has 1 aliphatic rings. The Balaban J connectivity index is 2.35. The van der Waals surface area contributed by atoms with Crippen LogP contribution in [0.1, 0.15) is 12.0 Å². The molecule has 1 aromatic carbocycles. The zero-order valence-electron chi connectivity index (χ0n) is 11.4. The normalized spacial score (nSPS) is 20.2. The van der Waals surface area contributed by atoms with Crippen molar-refractivity contribution in [3.63, 3.8) is 0 Å². The number of nitro benzene ring substituents is 1. The lowest BCUT2D eigenvalue weighted by atomic mass is 10.2. The Labute approximate surface area is 117 Å². The molecule has 1 aromatic rings. The zero-order chi connectivity index (χ0) is 14.9. The molecule has 8 heteroatoms. The number of aryl methyl sites for hydroxylation is 1. The second kappa shape index (κ2) is 5.47. The number of likely N-dealkylation sites (N-methyl/N-ethyl adjacent to an activating group) is 1. The standard InChI is InChI=1S/C12H17N3O4S/c1-9-3-4-11(7-12(9)15(16)17)20(18,19)14-6-5-10(8-14)13-2/h3-4,7,10,13H,5-6,8H2,1-2H3. The molecule has 1 unspecified atom stereocenters. The van der Waals surface area contributed by atoms with E-state index in [1.54, 1.807) is 14.0 Å².